The topological polar surface area (TPSA) is 55.4 Å². The van der Waals surface area contributed by atoms with Gasteiger partial charge in [-0.25, -0.2) is 4.79 Å². The van der Waals surface area contributed by atoms with Crippen molar-refractivity contribution in [1.29, 1.82) is 0 Å². The summed E-state index contributed by atoms with van der Waals surface area (Å²) in [6.07, 6.45) is -0.927. The van der Waals surface area contributed by atoms with Crippen molar-refractivity contribution in [3.05, 3.63) is 64.7 Å². The van der Waals surface area contributed by atoms with Gasteiger partial charge in [0.15, 0.2) is 6.10 Å². The molecule has 0 saturated carbocycles. The van der Waals surface area contributed by atoms with Gasteiger partial charge in [0.05, 0.1) is 16.3 Å². The maximum absolute atomic E-state index is 12.1. The molecular formula is C17H16ClNO3. The van der Waals surface area contributed by atoms with E-state index in [1.54, 1.807) is 36.4 Å². The lowest BCUT2D eigenvalue weighted by Gasteiger charge is -2.15. The maximum atomic E-state index is 12.1. The number of hydrogen-bond acceptors (Lipinski definition) is 3. The first-order chi connectivity index (χ1) is 10.5. The zero-order chi connectivity index (χ0) is 16.1. The Hall–Kier alpha value is -2.33. The van der Waals surface area contributed by atoms with Crippen LogP contribution >= 0.6 is 11.6 Å². The third-order valence-corrected chi connectivity index (χ3v) is 3.48. The van der Waals surface area contributed by atoms with Gasteiger partial charge in [-0.1, -0.05) is 41.9 Å². The molecule has 2 rings (SSSR count). The van der Waals surface area contributed by atoms with Gasteiger partial charge in [-0.2, -0.15) is 0 Å². The van der Waals surface area contributed by atoms with Crippen molar-refractivity contribution in [2.45, 2.75) is 20.0 Å². The van der Waals surface area contributed by atoms with Crippen molar-refractivity contribution in [2.24, 2.45) is 0 Å². The van der Waals surface area contributed by atoms with Gasteiger partial charge in [-0.15, -0.1) is 0 Å². The molecule has 1 amide bonds. The molecule has 4 nitrogen and oxygen atoms in total. The molecule has 0 heterocycles. The molecule has 2 aromatic carbocycles. The van der Waals surface area contributed by atoms with Crippen LogP contribution in [0.15, 0.2) is 48.5 Å². The van der Waals surface area contributed by atoms with Crippen molar-refractivity contribution in [3.8, 4) is 0 Å². The van der Waals surface area contributed by atoms with Gasteiger partial charge in [0, 0.05) is 0 Å². The molecule has 0 aromatic heterocycles. The lowest BCUT2D eigenvalue weighted by Crippen LogP contribution is -2.30. The molecule has 2 aromatic rings. The number of ether oxygens (including phenoxy) is 1. The standard InChI is InChI=1S/C17H16ClNO3/c1-11-7-3-4-8-13(11)17(21)22-12(2)16(20)19-15-10-6-5-9-14(15)18/h3-10,12H,1-2H3,(H,19,20)/t12-/m1/s1. The molecule has 0 spiro atoms. The monoisotopic (exact) mass is 317 g/mol. The van der Waals surface area contributed by atoms with Crippen LogP contribution in [0.2, 0.25) is 5.02 Å². The van der Waals surface area contributed by atoms with Crippen molar-refractivity contribution < 1.29 is 14.3 Å². The normalized spacial score (nSPS) is 11.6. The number of anilines is 1. The SMILES string of the molecule is Cc1ccccc1C(=O)O[C@H](C)C(=O)Nc1ccccc1Cl. The number of esters is 1. The molecule has 5 heteroatoms. The summed E-state index contributed by atoms with van der Waals surface area (Å²) in [5, 5.41) is 3.06. The van der Waals surface area contributed by atoms with E-state index in [9.17, 15) is 9.59 Å². The summed E-state index contributed by atoms with van der Waals surface area (Å²) in [5.74, 6) is -0.963. The highest BCUT2D eigenvalue weighted by Gasteiger charge is 2.20. The molecule has 0 unspecified atom stereocenters. The number of rotatable bonds is 4. The van der Waals surface area contributed by atoms with Gasteiger partial charge in [-0.3, -0.25) is 4.79 Å². The average Bonchev–Trinajstić information content (AvgIpc) is 2.49. The van der Waals surface area contributed by atoms with E-state index in [1.165, 1.54) is 6.92 Å². The fraction of sp³-hybridized carbons (Fsp3) is 0.176. The van der Waals surface area contributed by atoms with E-state index in [0.29, 0.717) is 16.3 Å². The van der Waals surface area contributed by atoms with Crippen molar-refractivity contribution >= 4 is 29.2 Å². The minimum absolute atomic E-state index is 0.424. The number of benzene rings is 2. The number of para-hydroxylation sites is 1. The summed E-state index contributed by atoms with van der Waals surface area (Å²) in [6.45, 7) is 3.33. The van der Waals surface area contributed by atoms with E-state index in [1.807, 2.05) is 19.1 Å². The predicted octanol–water partition coefficient (Wildman–Crippen LogP) is 3.83. The Morgan fingerprint density at radius 1 is 1.09 bits per heavy atom. The van der Waals surface area contributed by atoms with E-state index in [2.05, 4.69) is 5.32 Å². The van der Waals surface area contributed by atoms with E-state index < -0.39 is 18.0 Å². The number of nitrogens with one attached hydrogen (secondary N) is 1. The van der Waals surface area contributed by atoms with E-state index in [-0.39, 0.29) is 0 Å². The van der Waals surface area contributed by atoms with Crippen LogP contribution in [0, 0.1) is 6.92 Å². The third-order valence-electron chi connectivity index (χ3n) is 3.15. The van der Waals surface area contributed by atoms with Crippen LogP contribution in [0.5, 0.6) is 0 Å². The molecule has 0 bridgehead atoms. The quantitative estimate of drug-likeness (QED) is 0.872. The molecule has 0 fully saturated rings. The Balaban J connectivity index is 2.01. The molecule has 0 aliphatic heterocycles. The summed E-state index contributed by atoms with van der Waals surface area (Å²) >= 11 is 5.97. The highest BCUT2D eigenvalue weighted by atomic mass is 35.5. The fourth-order valence-corrected chi connectivity index (χ4v) is 2.06. The highest BCUT2D eigenvalue weighted by Crippen LogP contribution is 2.21. The van der Waals surface area contributed by atoms with Gasteiger partial charge in [0.2, 0.25) is 0 Å². The van der Waals surface area contributed by atoms with Crippen LogP contribution in [0.4, 0.5) is 5.69 Å². The van der Waals surface area contributed by atoms with Gasteiger partial charge >= 0.3 is 5.97 Å². The minimum Gasteiger partial charge on any atom is -0.449 e. The van der Waals surface area contributed by atoms with Crippen LogP contribution in [0.1, 0.15) is 22.8 Å². The second-order valence-corrected chi connectivity index (χ2v) is 5.24. The van der Waals surface area contributed by atoms with Crippen molar-refractivity contribution in [1.82, 2.24) is 0 Å². The molecule has 0 saturated heterocycles. The average molecular weight is 318 g/mol. The molecule has 0 aliphatic rings. The number of amides is 1. The minimum atomic E-state index is -0.927. The molecule has 22 heavy (non-hydrogen) atoms. The predicted molar refractivity (Wildman–Crippen MR) is 86.1 cm³/mol. The molecule has 114 valence electrons. The Kier molecular flexibility index (Phi) is 5.17. The highest BCUT2D eigenvalue weighted by molar-refractivity contribution is 6.33. The first-order valence-corrected chi connectivity index (χ1v) is 7.19. The maximum Gasteiger partial charge on any atom is 0.339 e. The zero-order valence-electron chi connectivity index (χ0n) is 12.3. The number of aryl methyl sites for hydroxylation is 1. The summed E-state index contributed by atoms with van der Waals surface area (Å²) in [7, 11) is 0. The van der Waals surface area contributed by atoms with Gasteiger partial charge < -0.3 is 10.1 Å². The van der Waals surface area contributed by atoms with Crippen molar-refractivity contribution in [3.63, 3.8) is 0 Å². The number of halogens is 1. The van der Waals surface area contributed by atoms with E-state index >= 15 is 0 Å². The second-order valence-electron chi connectivity index (χ2n) is 4.83. The van der Waals surface area contributed by atoms with Crippen LogP contribution in [-0.4, -0.2) is 18.0 Å². The first-order valence-electron chi connectivity index (χ1n) is 6.81. The Morgan fingerprint density at radius 3 is 2.41 bits per heavy atom. The summed E-state index contributed by atoms with van der Waals surface area (Å²) in [5.41, 5.74) is 1.72. The van der Waals surface area contributed by atoms with Gasteiger partial charge in [0.1, 0.15) is 0 Å². The van der Waals surface area contributed by atoms with Crippen LogP contribution in [0.25, 0.3) is 0 Å². The van der Waals surface area contributed by atoms with Crippen LogP contribution in [-0.2, 0) is 9.53 Å². The lowest BCUT2D eigenvalue weighted by molar-refractivity contribution is -0.123. The fourth-order valence-electron chi connectivity index (χ4n) is 1.88. The van der Waals surface area contributed by atoms with Gasteiger partial charge in [0.25, 0.3) is 5.91 Å². The number of carbonyl (C=O) groups is 2. The Morgan fingerprint density at radius 2 is 1.73 bits per heavy atom. The molecule has 0 radical (unpaired) electrons. The number of hydrogen-bond donors (Lipinski definition) is 1. The first kappa shape index (κ1) is 16.0. The zero-order valence-corrected chi connectivity index (χ0v) is 13.1. The Labute approximate surface area is 134 Å². The third kappa shape index (κ3) is 3.86. The molecular weight excluding hydrogens is 302 g/mol. The van der Waals surface area contributed by atoms with E-state index in [0.717, 1.165) is 5.56 Å². The number of carbonyl (C=O) groups excluding carboxylic acids is 2. The van der Waals surface area contributed by atoms with Crippen LogP contribution < -0.4 is 5.32 Å². The lowest BCUT2D eigenvalue weighted by atomic mass is 10.1. The van der Waals surface area contributed by atoms with E-state index in [4.69, 9.17) is 16.3 Å². The largest absolute Gasteiger partial charge is 0.449 e. The van der Waals surface area contributed by atoms with Gasteiger partial charge in [-0.05, 0) is 37.6 Å². The smallest absolute Gasteiger partial charge is 0.339 e. The summed E-state index contributed by atoms with van der Waals surface area (Å²) in [6, 6.07) is 13.9. The Bertz CT molecular complexity index is 700. The van der Waals surface area contributed by atoms with Crippen molar-refractivity contribution in [2.75, 3.05) is 5.32 Å². The van der Waals surface area contributed by atoms with Crippen LogP contribution in [0.3, 0.4) is 0 Å². The molecule has 1 atom stereocenters. The summed E-state index contributed by atoms with van der Waals surface area (Å²) < 4.78 is 5.20. The summed E-state index contributed by atoms with van der Waals surface area (Å²) in [4.78, 5) is 24.1. The molecule has 1 N–H and O–H groups in total. The second kappa shape index (κ2) is 7.09. The molecule has 0 aliphatic carbocycles.